The maximum Gasteiger partial charge on any atom is 0.254 e. The lowest BCUT2D eigenvalue weighted by molar-refractivity contribution is 0.0446. The molecular weight excluding hydrogens is 374 g/mol. The number of hydrogen-bond donors (Lipinski definition) is 3. The number of oxime groups is 1. The summed E-state index contributed by atoms with van der Waals surface area (Å²) in [5.41, 5.74) is 4.33. The van der Waals surface area contributed by atoms with Crippen LogP contribution in [0.1, 0.15) is 30.4 Å². The summed E-state index contributed by atoms with van der Waals surface area (Å²) in [5.74, 6) is 0.437. The van der Waals surface area contributed by atoms with Crippen LogP contribution in [0.4, 0.5) is 0 Å². The van der Waals surface area contributed by atoms with Crippen molar-refractivity contribution in [3.63, 3.8) is 0 Å². The molecule has 0 saturated heterocycles. The summed E-state index contributed by atoms with van der Waals surface area (Å²) in [6.45, 7) is 0.994. The van der Waals surface area contributed by atoms with Crippen molar-refractivity contribution in [2.45, 2.75) is 37.5 Å². The number of aromatic nitrogens is 1. The topological polar surface area (TPSA) is 109 Å². The van der Waals surface area contributed by atoms with E-state index in [0.717, 1.165) is 29.8 Å². The Labute approximate surface area is 168 Å². The average Bonchev–Trinajstić information content (AvgIpc) is 3.44. The highest BCUT2D eigenvalue weighted by Crippen LogP contribution is 2.25. The van der Waals surface area contributed by atoms with E-state index >= 15 is 0 Å². The van der Waals surface area contributed by atoms with E-state index in [1.165, 1.54) is 11.8 Å². The molecule has 3 atom stereocenters. The quantitative estimate of drug-likeness (QED) is 0.620. The van der Waals surface area contributed by atoms with Gasteiger partial charge in [-0.3, -0.25) is 0 Å². The van der Waals surface area contributed by atoms with Crippen LogP contribution in [0.15, 0.2) is 52.3 Å². The number of rotatable bonds is 8. The molecule has 8 nitrogen and oxygen atoms in total. The second-order valence-corrected chi connectivity index (χ2v) is 7.27. The van der Waals surface area contributed by atoms with Crippen LogP contribution in [0.5, 0.6) is 5.88 Å². The van der Waals surface area contributed by atoms with Gasteiger partial charge >= 0.3 is 0 Å². The highest BCUT2D eigenvalue weighted by atomic mass is 16.7. The molecule has 0 saturated carbocycles. The third-order valence-corrected chi connectivity index (χ3v) is 5.09. The maximum absolute atomic E-state index is 9.68. The first-order chi connectivity index (χ1) is 14.2. The molecule has 154 valence electrons. The van der Waals surface area contributed by atoms with Crippen molar-refractivity contribution in [2.75, 3.05) is 19.8 Å². The summed E-state index contributed by atoms with van der Waals surface area (Å²) in [7, 11) is 0. The van der Waals surface area contributed by atoms with Crippen molar-refractivity contribution in [1.82, 2.24) is 10.5 Å². The van der Waals surface area contributed by atoms with Crippen LogP contribution >= 0.6 is 0 Å². The van der Waals surface area contributed by atoms with Crippen molar-refractivity contribution in [3.05, 3.63) is 53.8 Å². The van der Waals surface area contributed by atoms with Crippen molar-refractivity contribution in [3.8, 4) is 5.88 Å². The molecule has 0 amide bonds. The molecular formula is C21H25N3O5. The lowest BCUT2D eigenvalue weighted by Crippen LogP contribution is -2.35. The van der Waals surface area contributed by atoms with Crippen LogP contribution in [0.25, 0.3) is 5.57 Å². The number of nitrogens with one attached hydrogen (secondary N) is 1. The Morgan fingerprint density at radius 2 is 2.03 bits per heavy atom. The minimum Gasteiger partial charge on any atom is -0.471 e. The van der Waals surface area contributed by atoms with Crippen LogP contribution < -0.4 is 10.1 Å². The normalized spacial score (nSPS) is 22.6. The SMILES string of the molecule is OCC(O)C[C@H]1C=C(c2ccc(C3=NOC(COc4ccon4)C3)cc2)CCN1. The zero-order chi connectivity index (χ0) is 20.1. The van der Waals surface area contributed by atoms with E-state index in [1.807, 2.05) is 0 Å². The smallest absolute Gasteiger partial charge is 0.254 e. The number of aliphatic hydroxyl groups excluding tert-OH is 2. The first kappa shape index (κ1) is 19.6. The highest BCUT2D eigenvalue weighted by molar-refractivity contribution is 6.01. The first-order valence-corrected chi connectivity index (χ1v) is 9.81. The van der Waals surface area contributed by atoms with Gasteiger partial charge < -0.3 is 29.6 Å². The molecule has 29 heavy (non-hydrogen) atoms. The van der Waals surface area contributed by atoms with Crippen LogP contribution in [-0.2, 0) is 4.84 Å². The van der Waals surface area contributed by atoms with Gasteiger partial charge in [-0.05, 0) is 41.2 Å². The van der Waals surface area contributed by atoms with Crippen molar-refractivity contribution in [1.29, 1.82) is 0 Å². The van der Waals surface area contributed by atoms with Gasteiger partial charge in [-0.2, -0.15) is 0 Å². The molecule has 0 spiro atoms. The lowest BCUT2D eigenvalue weighted by Gasteiger charge is -2.24. The summed E-state index contributed by atoms with van der Waals surface area (Å²) in [4.78, 5) is 5.47. The number of benzene rings is 1. The fourth-order valence-electron chi connectivity index (χ4n) is 3.56. The summed E-state index contributed by atoms with van der Waals surface area (Å²) in [5, 5.41) is 30.0. The van der Waals surface area contributed by atoms with Crippen molar-refractivity contribution in [2.24, 2.45) is 5.16 Å². The van der Waals surface area contributed by atoms with E-state index in [2.05, 4.69) is 46.0 Å². The number of aliphatic hydroxyl groups is 2. The monoisotopic (exact) mass is 399 g/mol. The minimum absolute atomic E-state index is 0.0682. The minimum atomic E-state index is -0.702. The molecule has 4 rings (SSSR count). The molecule has 2 aromatic rings. The summed E-state index contributed by atoms with van der Waals surface area (Å²) < 4.78 is 10.2. The van der Waals surface area contributed by atoms with Gasteiger partial charge in [0.1, 0.15) is 12.9 Å². The van der Waals surface area contributed by atoms with Crippen molar-refractivity contribution >= 4 is 11.3 Å². The zero-order valence-electron chi connectivity index (χ0n) is 16.0. The van der Waals surface area contributed by atoms with E-state index in [0.29, 0.717) is 25.3 Å². The van der Waals surface area contributed by atoms with Gasteiger partial charge in [-0.15, -0.1) is 0 Å². The molecule has 0 bridgehead atoms. The Morgan fingerprint density at radius 3 is 2.79 bits per heavy atom. The van der Waals surface area contributed by atoms with Crippen LogP contribution in [-0.4, -0.2) is 59.1 Å². The molecule has 2 unspecified atom stereocenters. The number of nitrogens with zero attached hydrogens (tertiary/aromatic N) is 2. The fourth-order valence-corrected chi connectivity index (χ4v) is 3.56. The molecule has 2 aliphatic heterocycles. The summed E-state index contributed by atoms with van der Waals surface area (Å²) in [6, 6.07) is 10.0. The van der Waals surface area contributed by atoms with Gasteiger partial charge in [0, 0.05) is 18.5 Å². The Kier molecular flexibility index (Phi) is 6.24. The molecule has 2 aliphatic rings. The molecule has 0 fully saturated rings. The van der Waals surface area contributed by atoms with Crippen LogP contribution in [0.3, 0.4) is 0 Å². The van der Waals surface area contributed by atoms with Gasteiger partial charge in [0.25, 0.3) is 5.88 Å². The van der Waals surface area contributed by atoms with Gasteiger partial charge in [0.05, 0.1) is 18.4 Å². The lowest BCUT2D eigenvalue weighted by atomic mass is 9.93. The first-order valence-electron chi connectivity index (χ1n) is 9.81. The van der Waals surface area contributed by atoms with Gasteiger partial charge in [0.2, 0.25) is 0 Å². The third-order valence-electron chi connectivity index (χ3n) is 5.09. The Bertz CT molecular complexity index is 848. The third kappa shape index (κ3) is 5.03. The summed E-state index contributed by atoms with van der Waals surface area (Å²) in [6.07, 6.45) is 4.86. The zero-order valence-corrected chi connectivity index (χ0v) is 16.0. The van der Waals surface area contributed by atoms with Gasteiger partial charge in [-0.1, -0.05) is 35.5 Å². The fraction of sp³-hybridized carbons (Fsp3) is 0.429. The second-order valence-electron chi connectivity index (χ2n) is 7.27. The van der Waals surface area contributed by atoms with Gasteiger partial charge in [0.15, 0.2) is 6.10 Å². The van der Waals surface area contributed by atoms with Crippen molar-refractivity contribution < 1.29 is 24.3 Å². The standard InChI is InChI=1S/C21H25N3O5/c25-12-18(26)10-17-9-16(5-7-22-17)14-1-3-15(4-2-14)20-11-19(29-23-20)13-27-21-6-8-28-24-21/h1-4,6,8-9,17-19,22,25-26H,5,7,10-13H2/t17-,18?,19?/m1/s1. The maximum atomic E-state index is 9.68. The second kappa shape index (κ2) is 9.21. The Hall–Kier alpha value is -2.68. The van der Waals surface area contributed by atoms with E-state index in [4.69, 9.17) is 19.2 Å². The van der Waals surface area contributed by atoms with E-state index < -0.39 is 6.10 Å². The number of ether oxygens (including phenoxy) is 1. The van der Waals surface area contributed by atoms with Crippen LogP contribution in [0.2, 0.25) is 0 Å². The average molecular weight is 399 g/mol. The Morgan fingerprint density at radius 1 is 1.21 bits per heavy atom. The number of hydrogen-bond acceptors (Lipinski definition) is 8. The van der Waals surface area contributed by atoms with E-state index in [1.54, 1.807) is 6.07 Å². The molecule has 0 aliphatic carbocycles. The predicted molar refractivity (Wildman–Crippen MR) is 107 cm³/mol. The molecule has 3 heterocycles. The van der Waals surface area contributed by atoms with Gasteiger partial charge in [-0.25, -0.2) is 0 Å². The van der Waals surface area contributed by atoms with E-state index in [-0.39, 0.29) is 18.8 Å². The Balaban J connectivity index is 1.34. The largest absolute Gasteiger partial charge is 0.471 e. The molecule has 1 aromatic heterocycles. The van der Waals surface area contributed by atoms with E-state index in [9.17, 15) is 5.11 Å². The molecule has 3 N–H and O–H groups in total. The molecule has 0 radical (unpaired) electrons. The highest BCUT2D eigenvalue weighted by Gasteiger charge is 2.23. The summed E-state index contributed by atoms with van der Waals surface area (Å²) >= 11 is 0. The van der Waals surface area contributed by atoms with Crippen LogP contribution in [0, 0.1) is 0 Å². The molecule has 8 heteroatoms. The predicted octanol–water partition coefficient (Wildman–Crippen LogP) is 1.74. The molecule has 1 aromatic carbocycles.